The topological polar surface area (TPSA) is 65.8 Å². The van der Waals surface area contributed by atoms with Gasteiger partial charge < -0.3 is 15.1 Å². The van der Waals surface area contributed by atoms with Crippen molar-refractivity contribution in [2.45, 2.75) is 11.7 Å². The number of hydrogen-bond donors (Lipinski definition) is 1. The maximum atomic E-state index is 12.9. The van der Waals surface area contributed by atoms with Gasteiger partial charge in [0.1, 0.15) is 11.5 Å². The zero-order chi connectivity index (χ0) is 22.5. The molecule has 10 heteroatoms. The maximum Gasteiger partial charge on any atom is 0.253 e. The minimum Gasteiger partial charge on any atom is -0.372 e. The van der Waals surface area contributed by atoms with Gasteiger partial charge in [0.25, 0.3) is 5.91 Å². The quantitative estimate of drug-likeness (QED) is 0.504. The Bertz CT molecular complexity index is 1330. The standard InChI is InChI=1S/C22H21B3N6O/c1-29-9-4-10-30(12-11-29)18-8-7-14-13-15(21(32)28-22(23,24)25)20-26-16-5-2-3-6-17(16)31(20)19(14)27-18/h2-3,5-8,13H,4,9-12H2,1H3,(H,28,32). The summed E-state index contributed by atoms with van der Waals surface area (Å²) >= 11 is 0. The molecule has 7 nitrogen and oxygen atoms in total. The van der Waals surface area contributed by atoms with Gasteiger partial charge in [-0.05, 0) is 50.3 Å². The van der Waals surface area contributed by atoms with Crippen LogP contribution in [0.25, 0.3) is 27.7 Å². The Labute approximate surface area is 190 Å². The van der Waals surface area contributed by atoms with Crippen molar-refractivity contribution in [3.8, 4) is 0 Å². The Hall–Kier alpha value is -3.00. The lowest BCUT2D eigenvalue weighted by Crippen LogP contribution is -2.50. The zero-order valence-corrected chi connectivity index (χ0v) is 18.0. The molecule has 0 saturated carbocycles. The number of para-hydroxylation sites is 2. The summed E-state index contributed by atoms with van der Waals surface area (Å²) in [6, 6.07) is 13.5. The fraction of sp³-hybridized carbons (Fsp3) is 0.318. The SMILES string of the molecule is [B]C([B])([B])NC(=O)c1cc2ccc(N3CCCN(C)CC3)nc2n2c1nc1ccccc12. The van der Waals surface area contributed by atoms with Gasteiger partial charge in [-0.1, -0.05) is 17.4 Å². The van der Waals surface area contributed by atoms with Gasteiger partial charge >= 0.3 is 0 Å². The van der Waals surface area contributed by atoms with Gasteiger partial charge in [-0.25, -0.2) is 9.97 Å². The van der Waals surface area contributed by atoms with Crippen molar-refractivity contribution in [3.05, 3.63) is 48.0 Å². The van der Waals surface area contributed by atoms with Crippen molar-refractivity contribution < 1.29 is 4.79 Å². The Morgan fingerprint density at radius 1 is 1.00 bits per heavy atom. The highest BCUT2D eigenvalue weighted by Crippen LogP contribution is 2.27. The van der Waals surface area contributed by atoms with Crippen molar-refractivity contribution in [2.24, 2.45) is 0 Å². The van der Waals surface area contributed by atoms with E-state index in [2.05, 4.69) is 22.2 Å². The van der Waals surface area contributed by atoms with E-state index in [1.165, 1.54) is 0 Å². The Morgan fingerprint density at radius 2 is 1.81 bits per heavy atom. The average molecular weight is 418 g/mol. The molecule has 5 rings (SSSR count). The van der Waals surface area contributed by atoms with Crippen molar-refractivity contribution in [2.75, 3.05) is 38.1 Å². The molecule has 1 saturated heterocycles. The summed E-state index contributed by atoms with van der Waals surface area (Å²) < 4.78 is 1.91. The lowest BCUT2D eigenvalue weighted by molar-refractivity contribution is 0.0954. The monoisotopic (exact) mass is 418 g/mol. The number of aromatic nitrogens is 3. The normalized spacial score (nSPS) is 16.0. The highest BCUT2D eigenvalue weighted by molar-refractivity contribution is 6.60. The van der Waals surface area contributed by atoms with E-state index in [0.717, 1.165) is 60.5 Å². The van der Waals surface area contributed by atoms with Crippen LogP contribution in [0.4, 0.5) is 5.82 Å². The second kappa shape index (κ2) is 7.85. The first-order chi connectivity index (χ1) is 15.3. The summed E-state index contributed by atoms with van der Waals surface area (Å²) in [4.78, 5) is 27.3. The van der Waals surface area contributed by atoms with E-state index in [4.69, 9.17) is 33.5 Å². The second-order valence-electron chi connectivity index (χ2n) is 8.43. The van der Waals surface area contributed by atoms with E-state index in [1.54, 1.807) is 6.07 Å². The molecule has 3 aromatic heterocycles. The first-order valence-corrected chi connectivity index (χ1v) is 10.6. The second-order valence-corrected chi connectivity index (χ2v) is 8.43. The van der Waals surface area contributed by atoms with Gasteiger partial charge in [0.05, 0.1) is 40.1 Å². The third-order valence-corrected chi connectivity index (χ3v) is 5.82. The number of carbonyl (C=O) groups is 1. The van der Waals surface area contributed by atoms with Crippen LogP contribution in [-0.4, -0.2) is 87.2 Å². The van der Waals surface area contributed by atoms with Crippen LogP contribution in [0.5, 0.6) is 0 Å². The molecule has 4 heterocycles. The number of nitrogens with zero attached hydrogens (tertiary/aromatic N) is 5. The summed E-state index contributed by atoms with van der Waals surface area (Å²) in [5.41, 5.74) is 3.16. The van der Waals surface area contributed by atoms with Gasteiger partial charge in [0, 0.05) is 25.0 Å². The van der Waals surface area contributed by atoms with Crippen molar-refractivity contribution >= 4 is 63.0 Å². The molecule has 32 heavy (non-hydrogen) atoms. The van der Waals surface area contributed by atoms with Gasteiger partial charge in [0.15, 0.2) is 5.65 Å². The van der Waals surface area contributed by atoms with E-state index in [9.17, 15) is 4.79 Å². The number of benzene rings is 1. The molecule has 1 aliphatic heterocycles. The molecule has 1 aliphatic rings. The largest absolute Gasteiger partial charge is 0.372 e. The number of pyridine rings is 2. The zero-order valence-electron chi connectivity index (χ0n) is 18.0. The van der Waals surface area contributed by atoms with Gasteiger partial charge in [-0.2, -0.15) is 0 Å². The number of nitrogens with one attached hydrogen (secondary N) is 1. The van der Waals surface area contributed by atoms with Gasteiger partial charge in [-0.15, -0.1) is 0 Å². The molecule has 0 unspecified atom stereocenters. The molecule has 0 aliphatic carbocycles. The summed E-state index contributed by atoms with van der Waals surface area (Å²) in [5, 5.41) is 1.39. The van der Waals surface area contributed by atoms with Gasteiger partial charge in [0.2, 0.25) is 0 Å². The number of rotatable bonds is 3. The van der Waals surface area contributed by atoms with Crippen LogP contribution in [0.15, 0.2) is 42.5 Å². The van der Waals surface area contributed by atoms with Crippen LogP contribution in [0.3, 0.4) is 0 Å². The van der Waals surface area contributed by atoms with Crippen LogP contribution < -0.4 is 10.2 Å². The lowest BCUT2D eigenvalue weighted by Gasteiger charge is -2.23. The molecule has 4 aromatic rings. The molecule has 0 atom stereocenters. The summed E-state index contributed by atoms with van der Waals surface area (Å²) in [6.07, 6.45) is 1.08. The molecular weight excluding hydrogens is 397 g/mol. The van der Waals surface area contributed by atoms with Gasteiger partial charge in [-0.3, -0.25) is 9.20 Å². The number of hydrogen-bond acceptors (Lipinski definition) is 5. The van der Waals surface area contributed by atoms with Crippen molar-refractivity contribution in [1.82, 2.24) is 24.6 Å². The van der Waals surface area contributed by atoms with Crippen LogP contribution >= 0.6 is 0 Å². The molecule has 1 N–H and O–H groups in total. The van der Waals surface area contributed by atoms with Crippen LogP contribution in [-0.2, 0) is 0 Å². The first kappa shape index (κ1) is 20.9. The third kappa shape index (κ3) is 3.84. The molecule has 6 radical (unpaired) electrons. The van der Waals surface area contributed by atoms with E-state index < -0.39 is 11.1 Å². The summed E-state index contributed by atoms with van der Waals surface area (Å²) in [7, 11) is 19.0. The van der Waals surface area contributed by atoms with E-state index in [1.807, 2.05) is 40.8 Å². The Morgan fingerprint density at radius 3 is 2.62 bits per heavy atom. The number of likely N-dealkylation sites (N-methyl/N-ethyl adjacent to an activating group) is 1. The molecule has 0 spiro atoms. The maximum absolute atomic E-state index is 12.9. The molecule has 1 fully saturated rings. The molecule has 1 aromatic carbocycles. The smallest absolute Gasteiger partial charge is 0.253 e. The highest BCUT2D eigenvalue weighted by atomic mass is 16.1. The number of fused-ring (bicyclic) bond motifs is 5. The number of amides is 1. The Balaban J connectivity index is 1.72. The predicted molar refractivity (Wildman–Crippen MR) is 130 cm³/mol. The number of anilines is 1. The minimum absolute atomic E-state index is 0.324. The highest BCUT2D eigenvalue weighted by Gasteiger charge is 2.22. The third-order valence-electron chi connectivity index (χ3n) is 5.82. The van der Waals surface area contributed by atoms with Crippen LogP contribution in [0, 0.1) is 0 Å². The fourth-order valence-corrected chi connectivity index (χ4v) is 4.26. The average Bonchev–Trinajstić information content (AvgIpc) is 3.00. The van der Waals surface area contributed by atoms with E-state index in [-0.39, 0.29) is 0 Å². The molecule has 154 valence electrons. The van der Waals surface area contributed by atoms with E-state index >= 15 is 0 Å². The summed E-state index contributed by atoms with van der Waals surface area (Å²) in [5.74, 6) is 0.410. The lowest BCUT2D eigenvalue weighted by atomic mass is 9.49. The predicted octanol–water partition coefficient (Wildman–Crippen LogP) is 1.02. The first-order valence-electron chi connectivity index (χ1n) is 10.6. The molecule has 1 amide bonds. The van der Waals surface area contributed by atoms with E-state index in [0.29, 0.717) is 11.2 Å². The molecular formula is C22H21B3N6O. The number of carbonyl (C=O) groups excluding carboxylic acids is 1. The number of imidazole rings is 1. The van der Waals surface area contributed by atoms with Crippen LogP contribution in [0.1, 0.15) is 16.8 Å². The molecule has 0 bridgehead atoms. The van der Waals surface area contributed by atoms with Crippen molar-refractivity contribution in [1.29, 1.82) is 0 Å². The minimum atomic E-state index is -1.84. The van der Waals surface area contributed by atoms with Crippen molar-refractivity contribution in [3.63, 3.8) is 0 Å². The summed E-state index contributed by atoms with van der Waals surface area (Å²) in [6.45, 7) is 3.92. The van der Waals surface area contributed by atoms with Crippen LogP contribution in [0.2, 0.25) is 0 Å². The Kier molecular flexibility index (Phi) is 5.12. The fourth-order valence-electron chi connectivity index (χ4n) is 4.26.